The molecule has 0 saturated heterocycles. The standard InChI is InChI=1S/C19H18ClFN4/c1-2-14-11-25-17(10-23-14)18(12-5-7-22-8-6-12)19(24-25)15-4-3-13(20)9-16(15)21/h3-9,14,23H,2,10-11H2,1H3. The highest BCUT2D eigenvalue weighted by molar-refractivity contribution is 6.30. The third-order valence-electron chi connectivity index (χ3n) is 4.66. The number of aromatic nitrogens is 3. The van der Waals surface area contributed by atoms with Crippen LogP contribution in [0.4, 0.5) is 4.39 Å². The highest BCUT2D eigenvalue weighted by Gasteiger charge is 2.26. The number of nitrogens with one attached hydrogen (secondary N) is 1. The van der Waals surface area contributed by atoms with Crippen LogP contribution in [0.3, 0.4) is 0 Å². The van der Waals surface area contributed by atoms with Crippen molar-refractivity contribution in [3.63, 3.8) is 0 Å². The molecule has 1 N–H and O–H groups in total. The number of rotatable bonds is 3. The van der Waals surface area contributed by atoms with Gasteiger partial charge in [-0.25, -0.2) is 4.39 Å². The van der Waals surface area contributed by atoms with Gasteiger partial charge in [0, 0.05) is 41.1 Å². The molecule has 0 fully saturated rings. The maximum absolute atomic E-state index is 14.6. The third kappa shape index (κ3) is 2.94. The van der Waals surface area contributed by atoms with Crippen LogP contribution in [0, 0.1) is 5.82 Å². The molecular weight excluding hydrogens is 339 g/mol. The Morgan fingerprint density at radius 2 is 2.08 bits per heavy atom. The minimum Gasteiger partial charge on any atom is -0.307 e. The number of pyridine rings is 1. The summed E-state index contributed by atoms with van der Waals surface area (Å²) in [5.41, 5.74) is 4.11. The van der Waals surface area contributed by atoms with Gasteiger partial charge in [-0.05, 0) is 42.3 Å². The van der Waals surface area contributed by atoms with Crippen LogP contribution in [0.25, 0.3) is 22.4 Å². The Bertz CT molecular complexity index is 907. The molecule has 1 aliphatic rings. The maximum atomic E-state index is 14.6. The van der Waals surface area contributed by atoms with Crippen molar-refractivity contribution < 1.29 is 4.39 Å². The largest absolute Gasteiger partial charge is 0.307 e. The van der Waals surface area contributed by atoms with Gasteiger partial charge in [0.25, 0.3) is 0 Å². The van der Waals surface area contributed by atoms with Crippen molar-refractivity contribution in [2.45, 2.75) is 32.5 Å². The molecule has 2 aromatic heterocycles. The molecule has 1 aromatic carbocycles. The molecule has 0 aliphatic carbocycles. The molecule has 6 heteroatoms. The van der Waals surface area contributed by atoms with E-state index in [1.165, 1.54) is 6.07 Å². The average molecular weight is 357 g/mol. The predicted molar refractivity (Wildman–Crippen MR) is 96.8 cm³/mol. The Morgan fingerprint density at radius 1 is 1.28 bits per heavy atom. The first kappa shape index (κ1) is 16.2. The number of fused-ring (bicyclic) bond motifs is 1. The van der Waals surface area contributed by atoms with Gasteiger partial charge in [-0.1, -0.05) is 18.5 Å². The first-order valence-electron chi connectivity index (χ1n) is 8.36. The van der Waals surface area contributed by atoms with Gasteiger partial charge >= 0.3 is 0 Å². The van der Waals surface area contributed by atoms with Gasteiger partial charge in [-0.15, -0.1) is 0 Å². The normalized spacial score (nSPS) is 16.7. The highest BCUT2D eigenvalue weighted by atomic mass is 35.5. The fraction of sp³-hybridized carbons (Fsp3) is 0.263. The molecule has 1 atom stereocenters. The first-order chi connectivity index (χ1) is 12.2. The van der Waals surface area contributed by atoms with E-state index in [4.69, 9.17) is 16.7 Å². The van der Waals surface area contributed by atoms with Crippen molar-refractivity contribution >= 4 is 11.6 Å². The van der Waals surface area contributed by atoms with Gasteiger partial charge in [0.15, 0.2) is 0 Å². The van der Waals surface area contributed by atoms with Crippen LogP contribution in [0.2, 0.25) is 5.02 Å². The maximum Gasteiger partial charge on any atom is 0.134 e. The molecule has 0 saturated carbocycles. The summed E-state index contributed by atoms with van der Waals surface area (Å²) in [5, 5.41) is 8.67. The Morgan fingerprint density at radius 3 is 2.80 bits per heavy atom. The quantitative estimate of drug-likeness (QED) is 0.761. The molecule has 3 heterocycles. The van der Waals surface area contributed by atoms with Crippen molar-refractivity contribution in [3.8, 4) is 22.4 Å². The number of hydrogen-bond donors (Lipinski definition) is 1. The molecule has 0 spiro atoms. The predicted octanol–water partition coefficient (Wildman–Crippen LogP) is 4.29. The van der Waals surface area contributed by atoms with E-state index >= 15 is 0 Å². The van der Waals surface area contributed by atoms with Gasteiger partial charge < -0.3 is 5.32 Å². The summed E-state index contributed by atoms with van der Waals surface area (Å²) in [6, 6.07) is 8.96. The van der Waals surface area contributed by atoms with Gasteiger partial charge in [0.1, 0.15) is 11.5 Å². The van der Waals surface area contributed by atoms with E-state index in [2.05, 4.69) is 17.2 Å². The smallest absolute Gasteiger partial charge is 0.134 e. The molecule has 3 aromatic rings. The van der Waals surface area contributed by atoms with Crippen LogP contribution in [0.1, 0.15) is 19.0 Å². The van der Waals surface area contributed by atoms with Crippen molar-refractivity contribution in [1.82, 2.24) is 20.1 Å². The summed E-state index contributed by atoms with van der Waals surface area (Å²) in [6.45, 7) is 3.63. The zero-order chi connectivity index (χ0) is 17.4. The van der Waals surface area contributed by atoms with E-state index in [0.717, 1.165) is 29.8 Å². The lowest BCUT2D eigenvalue weighted by atomic mass is 9.98. The van der Waals surface area contributed by atoms with E-state index < -0.39 is 0 Å². The van der Waals surface area contributed by atoms with Gasteiger partial charge in [-0.3, -0.25) is 9.67 Å². The molecule has 0 amide bonds. The molecule has 0 bridgehead atoms. The van der Waals surface area contributed by atoms with Crippen LogP contribution in [0.5, 0.6) is 0 Å². The molecule has 0 radical (unpaired) electrons. The summed E-state index contributed by atoms with van der Waals surface area (Å²) >= 11 is 5.92. The molecule has 4 nitrogen and oxygen atoms in total. The van der Waals surface area contributed by atoms with Crippen LogP contribution in [0.15, 0.2) is 42.7 Å². The minimum atomic E-state index is -0.363. The van der Waals surface area contributed by atoms with Gasteiger partial charge in [0.2, 0.25) is 0 Å². The van der Waals surface area contributed by atoms with Gasteiger partial charge in [0.05, 0.1) is 12.2 Å². The lowest BCUT2D eigenvalue weighted by Crippen LogP contribution is -2.38. The average Bonchev–Trinajstić information content (AvgIpc) is 3.00. The van der Waals surface area contributed by atoms with E-state index in [-0.39, 0.29) is 5.82 Å². The zero-order valence-corrected chi connectivity index (χ0v) is 14.6. The second kappa shape index (κ2) is 6.58. The summed E-state index contributed by atoms with van der Waals surface area (Å²) in [5.74, 6) is -0.363. The van der Waals surface area contributed by atoms with E-state index in [1.807, 2.05) is 16.8 Å². The fourth-order valence-electron chi connectivity index (χ4n) is 3.31. The van der Waals surface area contributed by atoms with Crippen molar-refractivity contribution in [2.75, 3.05) is 0 Å². The monoisotopic (exact) mass is 356 g/mol. The Hall–Kier alpha value is -2.24. The first-order valence-corrected chi connectivity index (χ1v) is 8.74. The SMILES string of the molecule is CCC1Cn2nc(-c3ccc(Cl)cc3F)c(-c3ccncc3)c2CN1. The second-order valence-corrected chi connectivity index (χ2v) is 6.63. The van der Waals surface area contributed by atoms with E-state index in [9.17, 15) is 4.39 Å². The summed E-state index contributed by atoms with van der Waals surface area (Å²) in [4.78, 5) is 4.09. The Labute approximate surface area is 150 Å². The molecule has 1 aliphatic heterocycles. The number of halogens is 2. The zero-order valence-electron chi connectivity index (χ0n) is 13.8. The summed E-state index contributed by atoms with van der Waals surface area (Å²) < 4.78 is 16.6. The van der Waals surface area contributed by atoms with Gasteiger partial charge in [-0.2, -0.15) is 5.10 Å². The summed E-state index contributed by atoms with van der Waals surface area (Å²) in [6.07, 6.45) is 4.51. The lowest BCUT2D eigenvalue weighted by Gasteiger charge is -2.24. The van der Waals surface area contributed by atoms with Crippen molar-refractivity contribution in [1.29, 1.82) is 0 Å². The van der Waals surface area contributed by atoms with Crippen LogP contribution >= 0.6 is 11.6 Å². The molecule has 25 heavy (non-hydrogen) atoms. The minimum absolute atomic E-state index is 0.363. The van der Waals surface area contributed by atoms with Crippen molar-refractivity contribution in [3.05, 3.63) is 59.3 Å². The molecule has 1 unspecified atom stereocenters. The Kier molecular flexibility index (Phi) is 4.27. The fourth-order valence-corrected chi connectivity index (χ4v) is 3.47. The topological polar surface area (TPSA) is 42.7 Å². The Balaban J connectivity index is 1.93. The van der Waals surface area contributed by atoms with E-state index in [1.54, 1.807) is 24.5 Å². The van der Waals surface area contributed by atoms with Crippen LogP contribution < -0.4 is 5.32 Å². The lowest BCUT2D eigenvalue weighted by molar-refractivity contribution is 0.361. The summed E-state index contributed by atoms with van der Waals surface area (Å²) in [7, 11) is 0. The van der Waals surface area contributed by atoms with Crippen molar-refractivity contribution in [2.24, 2.45) is 0 Å². The number of benzene rings is 1. The van der Waals surface area contributed by atoms with Crippen LogP contribution in [-0.2, 0) is 13.1 Å². The molecular formula is C19H18ClFN4. The molecule has 128 valence electrons. The highest BCUT2D eigenvalue weighted by Crippen LogP contribution is 2.37. The number of hydrogen-bond acceptors (Lipinski definition) is 3. The third-order valence-corrected chi connectivity index (χ3v) is 4.89. The van der Waals surface area contributed by atoms with E-state index in [0.29, 0.717) is 28.9 Å². The molecule has 4 rings (SSSR count). The number of nitrogens with zero attached hydrogens (tertiary/aromatic N) is 3. The second-order valence-electron chi connectivity index (χ2n) is 6.20. The van der Waals surface area contributed by atoms with Crippen LogP contribution in [-0.4, -0.2) is 20.8 Å².